The van der Waals surface area contributed by atoms with Gasteiger partial charge in [0.2, 0.25) is 5.91 Å². The van der Waals surface area contributed by atoms with Gasteiger partial charge in [-0.3, -0.25) is 9.69 Å². The number of rotatable bonds is 3. The van der Waals surface area contributed by atoms with Crippen molar-refractivity contribution in [3.05, 3.63) is 42.0 Å². The molecule has 0 spiro atoms. The number of hydrogen-bond acceptors (Lipinski definition) is 3. The Balaban J connectivity index is 1.48. The number of β-amino-alcohol motifs (C(OH)–C–C–N with tert-alkyl or cyclic N) is 1. The second kappa shape index (κ2) is 6.41. The topological polar surface area (TPSA) is 43.8 Å². The lowest BCUT2D eigenvalue weighted by Crippen LogP contribution is -2.58. The highest BCUT2D eigenvalue weighted by atomic mass is 16.3. The molecule has 3 rings (SSSR count). The van der Waals surface area contributed by atoms with E-state index < -0.39 is 0 Å². The third kappa shape index (κ3) is 3.52. The first-order valence-corrected chi connectivity index (χ1v) is 7.66. The number of hydrogen-bond donors (Lipinski definition) is 1. The maximum Gasteiger partial charge on any atom is 0.246 e. The predicted molar refractivity (Wildman–Crippen MR) is 82.7 cm³/mol. The van der Waals surface area contributed by atoms with Crippen LogP contribution < -0.4 is 0 Å². The molecule has 2 heterocycles. The van der Waals surface area contributed by atoms with Crippen LogP contribution in [0.3, 0.4) is 0 Å². The molecule has 112 valence electrons. The van der Waals surface area contributed by atoms with Crippen LogP contribution in [-0.4, -0.2) is 59.1 Å². The summed E-state index contributed by atoms with van der Waals surface area (Å²) >= 11 is 0. The molecule has 4 nitrogen and oxygen atoms in total. The normalized spacial score (nSPS) is 21.7. The van der Waals surface area contributed by atoms with Crippen molar-refractivity contribution in [3.8, 4) is 0 Å². The number of nitrogens with zero attached hydrogens (tertiary/aromatic N) is 2. The van der Waals surface area contributed by atoms with E-state index >= 15 is 0 Å². The van der Waals surface area contributed by atoms with Crippen LogP contribution in [0.15, 0.2) is 36.4 Å². The van der Waals surface area contributed by atoms with Crippen LogP contribution in [0, 0.1) is 0 Å². The summed E-state index contributed by atoms with van der Waals surface area (Å²) in [4.78, 5) is 16.4. The minimum atomic E-state index is -0.140. The van der Waals surface area contributed by atoms with Gasteiger partial charge in [0.15, 0.2) is 0 Å². The summed E-state index contributed by atoms with van der Waals surface area (Å²) in [6, 6.07) is 10.4. The van der Waals surface area contributed by atoms with Gasteiger partial charge in [-0.05, 0) is 24.5 Å². The summed E-state index contributed by atoms with van der Waals surface area (Å²) in [5, 5.41) is 9.35. The summed E-state index contributed by atoms with van der Waals surface area (Å²) in [7, 11) is 0. The Kier molecular flexibility index (Phi) is 4.36. The maximum absolute atomic E-state index is 12.2. The van der Waals surface area contributed by atoms with E-state index in [1.165, 1.54) is 0 Å². The quantitative estimate of drug-likeness (QED) is 0.854. The van der Waals surface area contributed by atoms with Gasteiger partial charge in [0.1, 0.15) is 0 Å². The van der Waals surface area contributed by atoms with E-state index in [-0.39, 0.29) is 12.0 Å². The number of piperidine rings is 1. The fourth-order valence-corrected chi connectivity index (χ4v) is 3.07. The zero-order valence-electron chi connectivity index (χ0n) is 12.2. The zero-order chi connectivity index (χ0) is 14.7. The number of benzene rings is 1. The Morgan fingerprint density at radius 3 is 2.43 bits per heavy atom. The van der Waals surface area contributed by atoms with Gasteiger partial charge in [-0.25, -0.2) is 0 Å². The van der Waals surface area contributed by atoms with E-state index in [9.17, 15) is 9.90 Å². The molecule has 0 bridgehead atoms. The fourth-order valence-electron chi connectivity index (χ4n) is 3.07. The lowest BCUT2D eigenvalue weighted by molar-refractivity contribution is -0.128. The van der Waals surface area contributed by atoms with Gasteiger partial charge in [0.05, 0.1) is 6.10 Å². The minimum absolute atomic E-state index is 0.0981. The van der Waals surface area contributed by atoms with Crippen molar-refractivity contribution >= 4 is 12.0 Å². The highest BCUT2D eigenvalue weighted by Crippen LogP contribution is 2.21. The highest BCUT2D eigenvalue weighted by Gasteiger charge is 2.33. The van der Waals surface area contributed by atoms with Crippen molar-refractivity contribution in [1.82, 2.24) is 9.80 Å². The molecule has 2 aliphatic rings. The molecule has 2 fully saturated rings. The molecule has 0 saturated carbocycles. The maximum atomic E-state index is 12.2. The van der Waals surface area contributed by atoms with E-state index in [4.69, 9.17) is 0 Å². The predicted octanol–water partition coefficient (Wildman–Crippen LogP) is 1.37. The van der Waals surface area contributed by atoms with Crippen LogP contribution in [0.2, 0.25) is 0 Å². The molecule has 2 saturated heterocycles. The van der Waals surface area contributed by atoms with E-state index in [0.717, 1.165) is 44.6 Å². The first kappa shape index (κ1) is 14.3. The zero-order valence-corrected chi connectivity index (χ0v) is 12.2. The van der Waals surface area contributed by atoms with E-state index in [1.54, 1.807) is 6.08 Å². The van der Waals surface area contributed by atoms with Crippen LogP contribution in [0.25, 0.3) is 6.08 Å². The van der Waals surface area contributed by atoms with E-state index in [2.05, 4.69) is 4.90 Å². The fraction of sp³-hybridized carbons (Fsp3) is 0.471. The second-order valence-electron chi connectivity index (χ2n) is 5.91. The Labute approximate surface area is 125 Å². The molecular weight excluding hydrogens is 264 g/mol. The number of carbonyl (C=O) groups excluding carboxylic acids is 1. The first-order valence-electron chi connectivity index (χ1n) is 7.66. The Morgan fingerprint density at radius 2 is 1.81 bits per heavy atom. The third-order valence-electron chi connectivity index (χ3n) is 4.40. The third-order valence-corrected chi connectivity index (χ3v) is 4.40. The van der Waals surface area contributed by atoms with Crippen molar-refractivity contribution < 1.29 is 9.90 Å². The summed E-state index contributed by atoms with van der Waals surface area (Å²) in [5.74, 6) is 0.0981. The van der Waals surface area contributed by atoms with Gasteiger partial charge < -0.3 is 10.0 Å². The monoisotopic (exact) mass is 286 g/mol. The van der Waals surface area contributed by atoms with Crippen LogP contribution in [-0.2, 0) is 4.79 Å². The summed E-state index contributed by atoms with van der Waals surface area (Å²) in [5.41, 5.74) is 1.05. The summed E-state index contributed by atoms with van der Waals surface area (Å²) in [6.07, 6.45) is 5.43. The van der Waals surface area contributed by atoms with E-state index in [0.29, 0.717) is 6.04 Å². The lowest BCUT2D eigenvalue weighted by Gasteiger charge is -2.45. The van der Waals surface area contributed by atoms with Crippen molar-refractivity contribution in [2.24, 2.45) is 0 Å². The van der Waals surface area contributed by atoms with Gasteiger partial charge in [0, 0.05) is 38.3 Å². The number of aliphatic hydroxyl groups excluding tert-OH is 1. The number of aliphatic hydroxyl groups is 1. The SMILES string of the molecule is O=C(/C=C/c1ccccc1)N1CCC(N2CC(O)C2)CC1. The second-order valence-corrected chi connectivity index (χ2v) is 5.91. The molecule has 4 heteroatoms. The highest BCUT2D eigenvalue weighted by molar-refractivity contribution is 5.91. The molecule has 1 aromatic carbocycles. The summed E-state index contributed by atoms with van der Waals surface area (Å²) in [6.45, 7) is 3.23. The largest absolute Gasteiger partial charge is 0.390 e. The number of likely N-dealkylation sites (tertiary alicyclic amines) is 2. The van der Waals surface area contributed by atoms with Crippen LogP contribution in [0.1, 0.15) is 18.4 Å². The molecule has 1 aromatic rings. The van der Waals surface area contributed by atoms with Crippen molar-refractivity contribution in [1.29, 1.82) is 0 Å². The molecule has 0 unspecified atom stereocenters. The first-order chi connectivity index (χ1) is 10.2. The molecule has 21 heavy (non-hydrogen) atoms. The Hall–Kier alpha value is -1.65. The molecular formula is C17H22N2O2. The van der Waals surface area contributed by atoms with Crippen molar-refractivity contribution in [2.75, 3.05) is 26.2 Å². The molecule has 0 aliphatic carbocycles. The molecule has 1 amide bonds. The van der Waals surface area contributed by atoms with Crippen LogP contribution in [0.4, 0.5) is 0 Å². The van der Waals surface area contributed by atoms with Crippen LogP contribution in [0.5, 0.6) is 0 Å². The Morgan fingerprint density at radius 1 is 1.14 bits per heavy atom. The van der Waals surface area contributed by atoms with Crippen molar-refractivity contribution in [2.45, 2.75) is 25.0 Å². The van der Waals surface area contributed by atoms with Gasteiger partial charge in [0.25, 0.3) is 0 Å². The molecule has 0 aromatic heterocycles. The van der Waals surface area contributed by atoms with Crippen LogP contribution >= 0.6 is 0 Å². The smallest absolute Gasteiger partial charge is 0.246 e. The van der Waals surface area contributed by atoms with Gasteiger partial charge >= 0.3 is 0 Å². The van der Waals surface area contributed by atoms with Gasteiger partial charge in [-0.15, -0.1) is 0 Å². The number of amides is 1. The average Bonchev–Trinajstić information content (AvgIpc) is 2.51. The molecule has 0 radical (unpaired) electrons. The minimum Gasteiger partial charge on any atom is -0.390 e. The standard InChI is InChI=1S/C17H22N2O2/c20-16-12-19(13-16)15-8-10-18(11-9-15)17(21)7-6-14-4-2-1-3-5-14/h1-7,15-16,20H,8-13H2/b7-6+. The van der Waals surface area contributed by atoms with Crippen molar-refractivity contribution in [3.63, 3.8) is 0 Å². The molecule has 1 N–H and O–H groups in total. The molecule has 0 atom stereocenters. The van der Waals surface area contributed by atoms with Gasteiger partial charge in [-0.1, -0.05) is 30.3 Å². The summed E-state index contributed by atoms with van der Waals surface area (Å²) < 4.78 is 0. The lowest BCUT2D eigenvalue weighted by atomic mass is 9.98. The Bertz CT molecular complexity index is 501. The average molecular weight is 286 g/mol. The van der Waals surface area contributed by atoms with Gasteiger partial charge in [-0.2, -0.15) is 0 Å². The van der Waals surface area contributed by atoms with E-state index in [1.807, 2.05) is 41.3 Å². The molecule has 2 aliphatic heterocycles. The number of carbonyl (C=O) groups is 1.